The number of furan rings is 1. The fourth-order valence-electron chi connectivity index (χ4n) is 5.79. The number of aryl methyl sites for hydroxylation is 1. The summed E-state index contributed by atoms with van der Waals surface area (Å²) >= 11 is 0. The van der Waals surface area contributed by atoms with Gasteiger partial charge in [0.1, 0.15) is 0 Å². The zero-order valence-electron chi connectivity index (χ0n) is 16.6. The summed E-state index contributed by atoms with van der Waals surface area (Å²) in [5, 5.41) is 0. The number of hydrogen-bond donors (Lipinski definition) is 0. The minimum Gasteiger partial charge on any atom is -0.472 e. The summed E-state index contributed by atoms with van der Waals surface area (Å²) in [4.78, 5) is 25.9. The first-order chi connectivity index (χ1) is 12.9. The van der Waals surface area contributed by atoms with Crippen molar-refractivity contribution in [2.24, 2.45) is 22.7 Å². The maximum Gasteiger partial charge on any atom is 0.312 e. The van der Waals surface area contributed by atoms with Gasteiger partial charge in [-0.25, -0.2) is 0 Å². The molecule has 2 saturated carbocycles. The van der Waals surface area contributed by atoms with Gasteiger partial charge in [0.2, 0.25) is 0 Å². The van der Waals surface area contributed by atoms with Crippen molar-refractivity contribution in [3.63, 3.8) is 0 Å². The van der Waals surface area contributed by atoms with Crippen LogP contribution in [0.5, 0.6) is 0 Å². The number of fused-ring (bicyclic) bond motifs is 1. The largest absolute Gasteiger partial charge is 0.472 e. The molecule has 2 fully saturated rings. The van der Waals surface area contributed by atoms with Crippen LogP contribution in [0.1, 0.15) is 51.0 Å². The van der Waals surface area contributed by atoms with E-state index in [0.717, 1.165) is 56.1 Å². The molecule has 2 aliphatic carbocycles. The molecule has 1 heterocycles. The third-order valence-electron chi connectivity index (χ3n) is 7.07. The van der Waals surface area contributed by atoms with E-state index in [2.05, 4.69) is 6.58 Å². The predicted molar refractivity (Wildman–Crippen MR) is 101 cm³/mol. The summed E-state index contributed by atoms with van der Waals surface area (Å²) in [6.45, 7) is 6.27. The summed E-state index contributed by atoms with van der Waals surface area (Å²) in [6, 6.07) is 1.95. The molecule has 27 heavy (non-hydrogen) atoms. The lowest BCUT2D eigenvalue weighted by Crippen LogP contribution is -2.58. The topological polar surface area (TPSA) is 65.7 Å². The van der Waals surface area contributed by atoms with Gasteiger partial charge in [-0.2, -0.15) is 0 Å². The Balaban J connectivity index is 2.01. The van der Waals surface area contributed by atoms with Crippen LogP contribution in [0, 0.1) is 22.7 Å². The van der Waals surface area contributed by atoms with Crippen molar-refractivity contribution in [1.82, 2.24) is 0 Å². The van der Waals surface area contributed by atoms with E-state index in [-0.39, 0.29) is 23.8 Å². The van der Waals surface area contributed by atoms with Crippen LogP contribution in [0.2, 0.25) is 0 Å². The predicted octanol–water partition coefficient (Wildman–Crippen LogP) is 4.32. The molecule has 0 saturated heterocycles. The molecule has 0 aromatic carbocycles. The molecule has 5 heteroatoms. The van der Waals surface area contributed by atoms with Crippen LogP contribution in [-0.4, -0.2) is 26.2 Å². The summed E-state index contributed by atoms with van der Waals surface area (Å²) in [5.74, 6) is -0.539. The van der Waals surface area contributed by atoms with Crippen LogP contribution >= 0.6 is 0 Å². The molecule has 0 amide bonds. The number of carbonyl (C=O) groups is 2. The number of rotatable bonds is 5. The molecule has 3 rings (SSSR count). The molecular formula is C22H30O5. The Labute approximate surface area is 161 Å². The number of carbonyl (C=O) groups excluding carboxylic acids is 2. The second-order valence-electron chi connectivity index (χ2n) is 8.27. The van der Waals surface area contributed by atoms with Gasteiger partial charge in [-0.3, -0.25) is 9.59 Å². The quantitative estimate of drug-likeness (QED) is 0.567. The second kappa shape index (κ2) is 7.53. The molecule has 148 valence electrons. The van der Waals surface area contributed by atoms with E-state index >= 15 is 0 Å². The standard InChI is InChI=1S/C22H30O5/c1-15-6-9-18-21(2,19(23)25-3)11-5-12-22(18,20(24)26-4)17(15)8-7-16-10-13-27-14-16/h10,13-14,17-18H,1,5-9,11-12H2,2-4H3/t17-,18-,21-,22-/m0/s1. The van der Waals surface area contributed by atoms with Gasteiger partial charge in [-0.15, -0.1) is 0 Å². The average molecular weight is 374 g/mol. The zero-order valence-corrected chi connectivity index (χ0v) is 16.6. The highest BCUT2D eigenvalue weighted by Crippen LogP contribution is 2.62. The Kier molecular flexibility index (Phi) is 5.50. The first kappa shape index (κ1) is 19.7. The van der Waals surface area contributed by atoms with Crippen LogP contribution in [0.25, 0.3) is 0 Å². The van der Waals surface area contributed by atoms with Gasteiger partial charge >= 0.3 is 11.9 Å². The first-order valence-electron chi connectivity index (χ1n) is 9.75. The van der Waals surface area contributed by atoms with Crippen molar-refractivity contribution in [1.29, 1.82) is 0 Å². The van der Waals surface area contributed by atoms with Crippen LogP contribution in [-0.2, 0) is 25.5 Å². The molecule has 1 aromatic heterocycles. The van der Waals surface area contributed by atoms with E-state index in [1.807, 2.05) is 13.0 Å². The molecule has 1 aromatic rings. The Morgan fingerprint density at radius 2 is 2.00 bits per heavy atom. The molecule has 0 aliphatic heterocycles. The SMILES string of the molecule is C=C1CC[C@@H]2[C@](C(=O)OC)(CCC[C@]2(C)C(=O)OC)[C@H]1CCc1ccoc1. The van der Waals surface area contributed by atoms with E-state index in [9.17, 15) is 9.59 Å². The van der Waals surface area contributed by atoms with Gasteiger partial charge in [0.25, 0.3) is 0 Å². The lowest BCUT2D eigenvalue weighted by molar-refractivity contribution is -0.185. The minimum absolute atomic E-state index is 0.0112. The van der Waals surface area contributed by atoms with Crippen LogP contribution in [0.15, 0.2) is 35.2 Å². The molecule has 2 aliphatic rings. The van der Waals surface area contributed by atoms with Gasteiger partial charge < -0.3 is 13.9 Å². The van der Waals surface area contributed by atoms with E-state index in [4.69, 9.17) is 13.9 Å². The highest BCUT2D eigenvalue weighted by molar-refractivity contribution is 5.83. The van der Waals surface area contributed by atoms with Gasteiger partial charge in [0.05, 0.1) is 37.6 Å². The van der Waals surface area contributed by atoms with E-state index in [0.29, 0.717) is 0 Å². The molecule has 0 unspecified atom stereocenters. The molecule has 5 nitrogen and oxygen atoms in total. The number of esters is 2. The molecule has 0 radical (unpaired) electrons. The van der Waals surface area contributed by atoms with Crippen molar-refractivity contribution in [2.45, 2.75) is 51.9 Å². The molecule has 4 atom stereocenters. The molecule has 0 spiro atoms. The second-order valence-corrected chi connectivity index (χ2v) is 8.27. The van der Waals surface area contributed by atoms with Crippen LogP contribution < -0.4 is 0 Å². The Morgan fingerprint density at radius 3 is 2.63 bits per heavy atom. The normalized spacial score (nSPS) is 33.2. The fraction of sp³-hybridized carbons (Fsp3) is 0.636. The van der Waals surface area contributed by atoms with E-state index in [1.165, 1.54) is 14.2 Å². The average Bonchev–Trinajstić information content (AvgIpc) is 3.19. The minimum atomic E-state index is -0.713. The van der Waals surface area contributed by atoms with Gasteiger partial charge in [-0.05, 0) is 68.9 Å². The highest BCUT2D eigenvalue weighted by atomic mass is 16.5. The van der Waals surface area contributed by atoms with Crippen molar-refractivity contribution in [3.8, 4) is 0 Å². The number of allylic oxidation sites excluding steroid dienone is 1. The monoisotopic (exact) mass is 374 g/mol. The summed E-state index contributed by atoms with van der Waals surface area (Å²) in [6.07, 6.45) is 8.87. The zero-order chi connectivity index (χ0) is 19.7. The fourth-order valence-corrected chi connectivity index (χ4v) is 5.79. The summed E-state index contributed by atoms with van der Waals surface area (Å²) < 4.78 is 15.7. The smallest absolute Gasteiger partial charge is 0.312 e. The van der Waals surface area contributed by atoms with Crippen molar-refractivity contribution in [2.75, 3.05) is 14.2 Å². The number of methoxy groups -OCH3 is 2. The maximum absolute atomic E-state index is 13.2. The summed E-state index contributed by atoms with van der Waals surface area (Å²) in [5.41, 5.74) is 0.816. The lowest BCUT2D eigenvalue weighted by Gasteiger charge is -2.56. The Morgan fingerprint density at radius 1 is 1.26 bits per heavy atom. The third-order valence-corrected chi connectivity index (χ3v) is 7.07. The number of ether oxygens (including phenoxy) is 2. The number of hydrogen-bond acceptors (Lipinski definition) is 5. The Hall–Kier alpha value is -2.04. The van der Waals surface area contributed by atoms with Crippen LogP contribution in [0.3, 0.4) is 0 Å². The van der Waals surface area contributed by atoms with E-state index in [1.54, 1.807) is 12.5 Å². The lowest BCUT2D eigenvalue weighted by atomic mass is 9.45. The third kappa shape index (κ3) is 3.11. The maximum atomic E-state index is 13.2. The molecular weight excluding hydrogens is 344 g/mol. The van der Waals surface area contributed by atoms with Crippen LogP contribution in [0.4, 0.5) is 0 Å². The van der Waals surface area contributed by atoms with Gasteiger partial charge in [0.15, 0.2) is 0 Å². The molecule has 0 N–H and O–H groups in total. The van der Waals surface area contributed by atoms with Gasteiger partial charge in [0, 0.05) is 0 Å². The first-order valence-corrected chi connectivity index (χ1v) is 9.75. The van der Waals surface area contributed by atoms with Gasteiger partial charge in [-0.1, -0.05) is 18.6 Å². The summed E-state index contributed by atoms with van der Waals surface area (Å²) in [7, 11) is 2.88. The van der Waals surface area contributed by atoms with E-state index < -0.39 is 10.8 Å². The van der Waals surface area contributed by atoms with Crippen molar-refractivity contribution < 1.29 is 23.5 Å². The molecule has 0 bridgehead atoms. The Bertz CT molecular complexity index is 706. The highest BCUT2D eigenvalue weighted by Gasteiger charge is 2.64. The van der Waals surface area contributed by atoms with Crippen molar-refractivity contribution in [3.05, 3.63) is 36.3 Å². The van der Waals surface area contributed by atoms with Crippen molar-refractivity contribution >= 4 is 11.9 Å².